The van der Waals surface area contributed by atoms with E-state index < -0.39 is 0 Å². The third-order valence-corrected chi connectivity index (χ3v) is 5.53. The molecular weight excluding hydrogens is 446 g/mol. The van der Waals surface area contributed by atoms with E-state index >= 15 is 0 Å². The Balaban J connectivity index is 1.43. The number of fused-ring (bicyclic) bond motifs is 1. The van der Waals surface area contributed by atoms with Crippen molar-refractivity contribution in [3.63, 3.8) is 0 Å². The Kier molecular flexibility index (Phi) is 4.46. The van der Waals surface area contributed by atoms with Gasteiger partial charge in [0, 0.05) is 15.1 Å². The number of hydrogen-bond donors (Lipinski definition) is 0. The lowest BCUT2D eigenvalue weighted by atomic mass is 10.1. The molecule has 4 aromatic rings. The van der Waals surface area contributed by atoms with E-state index in [1.807, 2.05) is 53.2 Å². The van der Waals surface area contributed by atoms with Crippen LogP contribution < -0.4 is 0 Å². The first-order valence-electron chi connectivity index (χ1n) is 8.57. The minimum absolute atomic E-state index is 0.113. The number of ether oxygens (including phenoxy) is 1. The van der Waals surface area contributed by atoms with Crippen LogP contribution in [-0.4, -0.2) is 25.1 Å². The molecule has 0 bridgehead atoms. The van der Waals surface area contributed by atoms with Gasteiger partial charge in [-0.25, -0.2) is 4.68 Å². The van der Waals surface area contributed by atoms with E-state index in [1.54, 1.807) is 0 Å². The highest BCUT2D eigenvalue weighted by Gasteiger charge is 2.28. The summed E-state index contributed by atoms with van der Waals surface area (Å²) in [4.78, 5) is 4.48. The topological polar surface area (TPSA) is 78.9 Å². The van der Waals surface area contributed by atoms with E-state index in [9.17, 15) is 0 Å². The van der Waals surface area contributed by atoms with Gasteiger partial charge in [-0.2, -0.15) is 4.98 Å². The summed E-state index contributed by atoms with van der Waals surface area (Å²) >= 11 is 9.47. The fourth-order valence-electron chi connectivity index (χ4n) is 3.13. The van der Waals surface area contributed by atoms with Crippen LogP contribution in [-0.2, 0) is 17.9 Å². The molecule has 0 saturated heterocycles. The quantitative estimate of drug-likeness (QED) is 0.443. The molecule has 5 rings (SSSR count). The molecule has 0 radical (unpaired) electrons. The van der Waals surface area contributed by atoms with E-state index in [1.165, 1.54) is 0 Å². The van der Waals surface area contributed by atoms with E-state index in [-0.39, 0.29) is 6.10 Å². The minimum atomic E-state index is -0.113. The molecule has 0 spiro atoms. The van der Waals surface area contributed by atoms with Crippen molar-refractivity contribution in [2.75, 3.05) is 0 Å². The molecule has 1 aliphatic rings. The Bertz CT molecular complexity index is 1140. The summed E-state index contributed by atoms with van der Waals surface area (Å²) < 4.78 is 14.2. The molecule has 2 aromatic heterocycles. The highest BCUT2D eigenvalue weighted by atomic mass is 79.9. The fourth-order valence-corrected chi connectivity index (χ4v) is 3.72. The van der Waals surface area contributed by atoms with Crippen molar-refractivity contribution in [3.8, 4) is 23.0 Å². The number of aromatic nitrogens is 5. The van der Waals surface area contributed by atoms with Crippen LogP contribution in [0.1, 0.15) is 17.4 Å². The van der Waals surface area contributed by atoms with Gasteiger partial charge in [0.15, 0.2) is 5.69 Å². The number of halogens is 2. The maximum atomic E-state index is 6.02. The van der Waals surface area contributed by atoms with Crippen molar-refractivity contribution < 1.29 is 9.26 Å². The molecule has 3 heterocycles. The lowest BCUT2D eigenvalue weighted by molar-refractivity contribution is -0.00117. The van der Waals surface area contributed by atoms with E-state index in [4.69, 9.17) is 20.9 Å². The second-order valence-corrected chi connectivity index (χ2v) is 7.61. The molecular formula is C19H13BrClN5O2. The Morgan fingerprint density at radius 1 is 1.11 bits per heavy atom. The number of rotatable bonds is 3. The largest absolute Gasteiger partial charge is 0.365 e. The standard InChI is InChI=1S/C19H13BrClN5O2/c20-14-4-2-1-3-13(14)18-22-19(28-24-18)17-15-10-27-16(9-26(15)25-23-17)11-5-7-12(21)8-6-11/h1-8,16H,9-10H2. The molecule has 1 aliphatic heterocycles. The summed E-state index contributed by atoms with van der Waals surface area (Å²) in [5, 5.41) is 13.3. The Morgan fingerprint density at radius 3 is 2.75 bits per heavy atom. The molecule has 28 heavy (non-hydrogen) atoms. The monoisotopic (exact) mass is 457 g/mol. The minimum Gasteiger partial charge on any atom is -0.365 e. The Morgan fingerprint density at radius 2 is 1.93 bits per heavy atom. The fraction of sp³-hybridized carbons (Fsp3) is 0.158. The van der Waals surface area contributed by atoms with Crippen LogP contribution in [0.15, 0.2) is 57.5 Å². The van der Waals surface area contributed by atoms with E-state index in [0.717, 1.165) is 21.3 Å². The molecule has 0 amide bonds. The van der Waals surface area contributed by atoms with Gasteiger partial charge in [-0.15, -0.1) is 5.10 Å². The smallest absolute Gasteiger partial charge is 0.280 e. The van der Waals surface area contributed by atoms with E-state index in [2.05, 4.69) is 36.4 Å². The van der Waals surface area contributed by atoms with Crippen LogP contribution in [0, 0.1) is 0 Å². The number of hydrogen-bond acceptors (Lipinski definition) is 6. The molecule has 0 aliphatic carbocycles. The van der Waals surface area contributed by atoms with Crippen LogP contribution in [0.25, 0.3) is 23.0 Å². The number of nitrogens with zero attached hydrogens (tertiary/aromatic N) is 5. The van der Waals surface area contributed by atoms with Crippen LogP contribution in [0.3, 0.4) is 0 Å². The van der Waals surface area contributed by atoms with Gasteiger partial charge >= 0.3 is 0 Å². The lowest BCUT2D eigenvalue weighted by Gasteiger charge is -2.24. The zero-order chi connectivity index (χ0) is 19.1. The summed E-state index contributed by atoms with van der Waals surface area (Å²) in [5.41, 5.74) is 3.24. The second-order valence-electron chi connectivity index (χ2n) is 6.32. The van der Waals surface area contributed by atoms with Crippen molar-refractivity contribution in [2.45, 2.75) is 19.3 Å². The lowest BCUT2D eigenvalue weighted by Crippen LogP contribution is -2.22. The van der Waals surface area contributed by atoms with Crippen LogP contribution in [0.2, 0.25) is 5.02 Å². The van der Waals surface area contributed by atoms with Gasteiger partial charge in [0.25, 0.3) is 5.89 Å². The predicted octanol–water partition coefficient (Wildman–Crippen LogP) is 4.68. The summed E-state index contributed by atoms with van der Waals surface area (Å²) in [6.07, 6.45) is -0.113. The van der Waals surface area contributed by atoms with Crippen molar-refractivity contribution >= 4 is 27.5 Å². The average Bonchev–Trinajstić information content (AvgIpc) is 3.35. The van der Waals surface area contributed by atoms with Crippen LogP contribution >= 0.6 is 27.5 Å². The molecule has 1 unspecified atom stereocenters. The normalized spacial score (nSPS) is 16.1. The maximum absolute atomic E-state index is 6.02. The van der Waals surface area contributed by atoms with Crippen molar-refractivity contribution in [1.29, 1.82) is 0 Å². The molecule has 7 nitrogen and oxygen atoms in total. The third-order valence-electron chi connectivity index (χ3n) is 4.58. The van der Waals surface area contributed by atoms with Crippen molar-refractivity contribution in [2.24, 2.45) is 0 Å². The molecule has 0 saturated carbocycles. The summed E-state index contributed by atoms with van der Waals surface area (Å²) in [6.45, 7) is 0.900. The van der Waals surface area contributed by atoms with Crippen LogP contribution in [0.5, 0.6) is 0 Å². The second kappa shape index (κ2) is 7.12. The van der Waals surface area contributed by atoms with E-state index in [0.29, 0.717) is 35.6 Å². The van der Waals surface area contributed by atoms with Gasteiger partial charge < -0.3 is 9.26 Å². The highest BCUT2D eigenvalue weighted by molar-refractivity contribution is 9.10. The average molecular weight is 459 g/mol. The zero-order valence-electron chi connectivity index (χ0n) is 14.4. The molecule has 2 aromatic carbocycles. The first-order valence-corrected chi connectivity index (χ1v) is 9.74. The summed E-state index contributed by atoms with van der Waals surface area (Å²) in [5.74, 6) is 0.806. The highest BCUT2D eigenvalue weighted by Crippen LogP contribution is 2.32. The zero-order valence-corrected chi connectivity index (χ0v) is 16.8. The maximum Gasteiger partial charge on any atom is 0.280 e. The molecule has 9 heteroatoms. The van der Waals surface area contributed by atoms with Crippen molar-refractivity contribution in [3.05, 3.63) is 69.3 Å². The van der Waals surface area contributed by atoms with Crippen LogP contribution in [0.4, 0.5) is 0 Å². The summed E-state index contributed by atoms with van der Waals surface area (Å²) in [6, 6.07) is 15.3. The van der Waals surface area contributed by atoms with Gasteiger partial charge in [-0.3, -0.25) is 0 Å². The van der Waals surface area contributed by atoms with Crippen molar-refractivity contribution in [1.82, 2.24) is 25.1 Å². The SMILES string of the molecule is Clc1ccc(C2Cn3nnc(-c4nc(-c5ccccc5Br)no4)c3CO2)cc1. The molecule has 140 valence electrons. The molecule has 0 N–H and O–H groups in total. The Labute approximate surface area is 173 Å². The summed E-state index contributed by atoms with van der Waals surface area (Å²) in [7, 11) is 0. The predicted molar refractivity (Wildman–Crippen MR) is 105 cm³/mol. The molecule has 1 atom stereocenters. The van der Waals surface area contributed by atoms with Gasteiger partial charge in [0.2, 0.25) is 5.82 Å². The van der Waals surface area contributed by atoms with Gasteiger partial charge in [0.05, 0.1) is 18.8 Å². The molecule has 0 fully saturated rings. The number of benzene rings is 2. The van der Waals surface area contributed by atoms with Gasteiger partial charge in [-0.05, 0) is 29.8 Å². The third kappa shape index (κ3) is 3.13. The first kappa shape index (κ1) is 17.5. The Hall–Kier alpha value is -2.55. The van der Waals surface area contributed by atoms with Gasteiger partial charge in [0.1, 0.15) is 6.10 Å². The first-order chi connectivity index (χ1) is 13.7. The van der Waals surface area contributed by atoms with Gasteiger partial charge in [-0.1, -0.05) is 62.2 Å².